The molecule has 1 aromatic heterocycles. The molecule has 0 fully saturated rings. The van der Waals surface area contributed by atoms with Crippen molar-refractivity contribution in [1.82, 2.24) is 14.7 Å². The van der Waals surface area contributed by atoms with Gasteiger partial charge in [0.25, 0.3) is 0 Å². The standard InChI is InChI=1S/C17H21N3O2/c1-12-15-11-19(2)9-8-16(15)20(18-12)10-13-4-6-14(7-5-13)17(21)22-3/h4-7H,8-11H2,1-3H3. The molecule has 1 aliphatic heterocycles. The summed E-state index contributed by atoms with van der Waals surface area (Å²) in [7, 11) is 3.54. The molecule has 2 heterocycles. The van der Waals surface area contributed by atoms with E-state index in [2.05, 4.69) is 23.6 Å². The zero-order valence-corrected chi connectivity index (χ0v) is 13.3. The van der Waals surface area contributed by atoms with Gasteiger partial charge in [0.05, 0.1) is 24.9 Å². The Bertz CT molecular complexity index is 689. The molecule has 0 saturated carbocycles. The molecule has 0 atom stereocenters. The summed E-state index contributed by atoms with van der Waals surface area (Å²) in [5.74, 6) is -0.304. The van der Waals surface area contributed by atoms with E-state index in [1.807, 2.05) is 12.1 Å². The number of hydrogen-bond acceptors (Lipinski definition) is 4. The number of aromatic nitrogens is 2. The van der Waals surface area contributed by atoms with E-state index in [0.29, 0.717) is 5.56 Å². The summed E-state index contributed by atoms with van der Waals surface area (Å²) in [6.45, 7) is 4.86. The number of nitrogens with zero attached hydrogens (tertiary/aromatic N) is 3. The van der Waals surface area contributed by atoms with Crippen molar-refractivity contribution >= 4 is 5.97 Å². The molecule has 5 nitrogen and oxygen atoms in total. The largest absolute Gasteiger partial charge is 0.465 e. The quantitative estimate of drug-likeness (QED) is 0.814. The van der Waals surface area contributed by atoms with Gasteiger partial charge in [0.1, 0.15) is 0 Å². The van der Waals surface area contributed by atoms with Crippen LogP contribution >= 0.6 is 0 Å². The molecule has 0 aliphatic carbocycles. The highest BCUT2D eigenvalue weighted by Crippen LogP contribution is 2.22. The molecule has 0 N–H and O–H groups in total. The van der Waals surface area contributed by atoms with E-state index in [1.165, 1.54) is 18.4 Å². The van der Waals surface area contributed by atoms with Crippen LogP contribution in [-0.2, 0) is 24.2 Å². The average molecular weight is 299 g/mol. The molecular weight excluding hydrogens is 278 g/mol. The van der Waals surface area contributed by atoms with Crippen LogP contribution in [0, 0.1) is 6.92 Å². The zero-order chi connectivity index (χ0) is 15.7. The summed E-state index contributed by atoms with van der Waals surface area (Å²) in [5.41, 5.74) is 5.53. The molecule has 0 saturated heterocycles. The summed E-state index contributed by atoms with van der Waals surface area (Å²) in [6.07, 6.45) is 1.03. The third-order valence-corrected chi connectivity index (χ3v) is 4.23. The van der Waals surface area contributed by atoms with Crippen LogP contribution in [0.15, 0.2) is 24.3 Å². The number of rotatable bonds is 3. The van der Waals surface area contributed by atoms with Crippen molar-refractivity contribution in [1.29, 1.82) is 0 Å². The van der Waals surface area contributed by atoms with Crippen LogP contribution in [-0.4, -0.2) is 41.4 Å². The van der Waals surface area contributed by atoms with Crippen LogP contribution in [0.5, 0.6) is 0 Å². The maximum Gasteiger partial charge on any atom is 0.337 e. The second kappa shape index (κ2) is 5.93. The second-order valence-electron chi connectivity index (χ2n) is 5.84. The van der Waals surface area contributed by atoms with Gasteiger partial charge in [0, 0.05) is 30.8 Å². The Balaban J connectivity index is 1.82. The minimum atomic E-state index is -0.304. The molecule has 116 valence electrons. The monoisotopic (exact) mass is 299 g/mol. The van der Waals surface area contributed by atoms with Crippen LogP contribution < -0.4 is 0 Å². The van der Waals surface area contributed by atoms with Crippen molar-refractivity contribution in [2.75, 3.05) is 20.7 Å². The Morgan fingerprint density at radius 1 is 1.32 bits per heavy atom. The van der Waals surface area contributed by atoms with Gasteiger partial charge in [-0.3, -0.25) is 4.68 Å². The summed E-state index contributed by atoms with van der Waals surface area (Å²) in [4.78, 5) is 13.8. The highest BCUT2D eigenvalue weighted by molar-refractivity contribution is 5.89. The topological polar surface area (TPSA) is 47.4 Å². The fourth-order valence-corrected chi connectivity index (χ4v) is 2.97. The van der Waals surface area contributed by atoms with Gasteiger partial charge in [-0.05, 0) is 31.7 Å². The normalized spacial score (nSPS) is 14.7. The van der Waals surface area contributed by atoms with Crippen molar-refractivity contribution in [2.24, 2.45) is 0 Å². The van der Waals surface area contributed by atoms with Crippen LogP contribution in [0.2, 0.25) is 0 Å². The van der Waals surface area contributed by atoms with Gasteiger partial charge in [0.15, 0.2) is 0 Å². The second-order valence-corrected chi connectivity index (χ2v) is 5.84. The fourth-order valence-electron chi connectivity index (χ4n) is 2.97. The number of fused-ring (bicyclic) bond motifs is 1. The summed E-state index contributed by atoms with van der Waals surface area (Å²) in [5, 5.41) is 4.69. The number of carbonyl (C=O) groups is 1. The first-order valence-electron chi connectivity index (χ1n) is 7.49. The molecule has 22 heavy (non-hydrogen) atoms. The molecule has 0 spiro atoms. The molecular formula is C17H21N3O2. The van der Waals surface area contributed by atoms with Crippen molar-refractivity contribution in [3.63, 3.8) is 0 Å². The maximum absolute atomic E-state index is 11.5. The van der Waals surface area contributed by atoms with Gasteiger partial charge < -0.3 is 9.64 Å². The minimum absolute atomic E-state index is 0.304. The van der Waals surface area contributed by atoms with Crippen LogP contribution in [0.1, 0.15) is 32.9 Å². The van der Waals surface area contributed by atoms with E-state index < -0.39 is 0 Å². The molecule has 0 radical (unpaired) electrons. The number of likely N-dealkylation sites (N-methyl/N-ethyl adjacent to an activating group) is 1. The lowest BCUT2D eigenvalue weighted by molar-refractivity contribution is 0.0600. The number of hydrogen-bond donors (Lipinski definition) is 0. The number of aryl methyl sites for hydroxylation is 1. The Labute approximate surface area is 130 Å². The Kier molecular flexibility index (Phi) is 3.98. The van der Waals surface area contributed by atoms with Gasteiger partial charge in [-0.15, -0.1) is 0 Å². The minimum Gasteiger partial charge on any atom is -0.465 e. The first-order valence-corrected chi connectivity index (χ1v) is 7.49. The molecule has 1 aliphatic rings. The van der Waals surface area contributed by atoms with E-state index in [1.54, 1.807) is 12.1 Å². The number of ether oxygens (including phenoxy) is 1. The first kappa shape index (κ1) is 14.8. The Morgan fingerprint density at radius 3 is 2.73 bits per heavy atom. The zero-order valence-electron chi connectivity index (χ0n) is 13.3. The Hall–Kier alpha value is -2.14. The van der Waals surface area contributed by atoms with Gasteiger partial charge in [-0.25, -0.2) is 4.79 Å². The van der Waals surface area contributed by atoms with Gasteiger partial charge in [0.2, 0.25) is 0 Å². The summed E-state index contributed by atoms with van der Waals surface area (Å²) in [6, 6.07) is 7.53. The molecule has 0 amide bonds. The number of methoxy groups -OCH3 is 1. The predicted octanol–water partition coefficient (Wildman–Crippen LogP) is 2.01. The van der Waals surface area contributed by atoms with E-state index in [9.17, 15) is 4.79 Å². The number of carbonyl (C=O) groups excluding carboxylic acids is 1. The number of benzene rings is 1. The number of esters is 1. The summed E-state index contributed by atoms with van der Waals surface area (Å²) >= 11 is 0. The predicted molar refractivity (Wildman–Crippen MR) is 83.9 cm³/mol. The van der Waals surface area contributed by atoms with E-state index in [0.717, 1.165) is 37.3 Å². The Morgan fingerprint density at radius 2 is 2.05 bits per heavy atom. The van der Waals surface area contributed by atoms with Gasteiger partial charge in [-0.2, -0.15) is 5.10 Å². The molecule has 3 rings (SSSR count). The fraction of sp³-hybridized carbons (Fsp3) is 0.412. The highest BCUT2D eigenvalue weighted by Gasteiger charge is 2.21. The van der Waals surface area contributed by atoms with Crippen LogP contribution in [0.3, 0.4) is 0 Å². The third-order valence-electron chi connectivity index (χ3n) is 4.23. The van der Waals surface area contributed by atoms with Gasteiger partial charge in [-0.1, -0.05) is 12.1 Å². The van der Waals surface area contributed by atoms with E-state index in [-0.39, 0.29) is 5.97 Å². The highest BCUT2D eigenvalue weighted by atomic mass is 16.5. The molecule has 2 aromatic rings. The molecule has 1 aromatic carbocycles. The van der Waals surface area contributed by atoms with Gasteiger partial charge >= 0.3 is 5.97 Å². The SMILES string of the molecule is COC(=O)c1ccc(Cn2nc(C)c3c2CCN(C)C3)cc1. The van der Waals surface area contributed by atoms with Crippen molar-refractivity contribution in [3.8, 4) is 0 Å². The average Bonchev–Trinajstić information content (AvgIpc) is 2.83. The molecule has 0 unspecified atom stereocenters. The smallest absolute Gasteiger partial charge is 0.337 e. The van der Waals surface area contributed by atoms with Crippen molar-refractivity contribution < 1.29 is 9.53 Å². The lowest BCUT2D eigenvalue weighted by Crippen LogP contribution is -2.27. The van der Waals surface area contributed by atoms with E-state index >= 15 is 0 Å². The maximum atomic E-state index is 11.5. The van der Waals surface area contributed by atoms with Crippen molar-refractivity contribution in [3.05, 3.63) is 52.3 Å². The van der Waals surface area contributed by atoms with E-state index in [4.69, 9.17) is 9.84 Å². The molecule has 0 bridgehead atoms. The summed E-state index contributed by atoms with van der Waals surface area (Å²) < 4.78 is 6.82. The van der Waals surface area contributed by atoms with Crippen LogP contribution in [0.25, 0.3) is 0 Å². The third kappa shape index (κ3) is 2.76. The first-order chi connectivity index (χ1) is 10.6. The lowest BCUT2D eigenvalue weighted by atomic mass is 10.1. The van der Waals surface area contributed by atoms with Crippen LogP contribution in [0.4, 0.5) is 0 Å². The lowest BCUT2D eigenvalue weighted by Gasteiger charge is -2.23. The van der Waals surface area contributed by atoms with Crippen molar-refractivity contribution in [2.45, 2.75) is 26.4 Å². The molecule has 5 heteroatoms.